The molecule has 1 aromatic rings. The Morgan fingerprint density at radius 3 is 1.91 bits per heavy atom. The zero-order valence-electron chi connectivity index (χ0n) is 19.5. The van der Waals surface area contributed by atoms with E-state index in [1.54, 1.807) is 0 Å². The van der Waals surface area contributed by atoms with E-state index in [0.29, 0.717) is 12.8 Å². The SMILES string of the molecule is CCCCCCCCCCCCCCC1=NN(C(=O)c2ccc(O)cc2)[C@@](O)(C(F)(F)F)C1. The summed E-state index contributed by atoms with van der Waals surface area (Å²) < 4.78 is 40.9. The van der Waals surface area contributed by atoms with Gasteiger partial charge >= 0.3 is 6.18 Å². The maximum absolute atomic E-state index is 13.6. The highest BCUT2D eigenvalue weighted by Gasteiger charge is 2.63. The quantitative estimate of drug-likeness (QED) is 0.289. The molecule has 1 heterocycles. The summed E-state index contributed by atoms with van der Waals surface area (Å²) in [6, 6.07) is 4.81. The third-order valence-electron chi connectivity index (χ3n) is 6.12. The Kier molecular flexibility index (Phi) is 10.7. The van der Waals surface area contributed by atoms with Crippen molar-refractivity contribution in [3.05, 3.63) is 29.8 Å². The van der Waals surface area contributed by atoms with Gasteiger partial charge < -0.3 is 10.2 Å². The molecular formula is C25H37F3N2O3. The number of amides is 1. The number of aliphatic hydroxyl groups is 1. The van der Waals surface area contributed by atoms with Gasteiger partial charge in [-0.15, -0.1) is 0 Å². The van der Waals surface area contributed by atoms with Gasteiger partial charge in [0.15, 0.2) is 0 Å². The van der Waals surface area contributed by atoms with E-state index in [1.807, 2.05) is 0 Å². The molecule has 1 atom stereocenters. The molecule has 0 bridgehead atoms. The van der Waals surface area contributed by atoms with Crippen molar-refractivity contribution in [3.63, 3.8) is 0 Å². The number of phenolic OH excluding ortho intramolecular Hbond substituents is 1. The molecule has 8 heteroatoms. The van der Waals surface area contributed by atoms with Gasteiger partial charge in [0.2, 0.25) is 0 Å². The fourth-order valence-electron chi connectivity index (χ4n) is 4.09. The van der Waals surface area contributed by atoms with Gasteiger partial charge in [-0.2, -0.15) is 23.3 Å². The van der Waals surface area contributed by atoms with Crippen LogP contribution in [-0.2, 0) is 0 Å². The smallest absolute Gasteiger partial charge is 0.438 e. The summed E-state index contributed by atoms with van der Waals surface area (Å²) in [5.41, 5.74) is -3.27. The Bertz CT molecular complexity index is 765. The molecule has 0 saturated heterocycles. The minimum Gasteiger partial charge on any atom is -0.508 e. The second kappa shape index (κ2) is 13.0. The second-order valence-electron chi connectivity index (χ2n) is 8.96. The molecule has 1 amide bonds. The summed E-state index contributed by atoms with van der Waals surface area (Å²) >= 11 is 0. The van der Waals surface area contributed by atoms with Crippen LogP contribution in [0, 0.1) is 0 Å². The number of aromatic hydroxyl groups is 1. The number of carbonyl (C=O) groups is 1. The molecule has 0 spiro atoms. The summed E-state index contributed by atoms with van der Waals surface area (Å²) in [7, 11) is 0. The number of alkyl halides is 3. The first kappa shape index (κ1) is 27.2. The van der Waals surface area contributed by atoms with E-state index in [1.165, 1.54) is 75.6 Å². The van der Waals surface area contributed by atoms with Crippen LogP contribution >= 0.6 is 0 Å². The number of halogens is 3. The van der Waals surface area contributed by atoms with Crippen molar-refractivity contribution in [2.45, 2.75) is 109 Å². The van der Waals surface area contributed by atoms with Crippen LogP contribution in [0.1, 0.15) is 107 Å². The number of carbonyl (C=O) groups excluding carboxylic acids is 1. The molecule has 1 aromatic carbocycles. The molecule has 2 N–H and O–H groups in total. The fraction of sp³-hybridized carbons (Fsp3) is 0.680. The Labute approximate surface area is 194 Å². The highest BCUT2D eigenvalue weighted by atomic mass is 19.4. The number of hydrogen-bond donors (Lipinski definition) is 2. The van der Waals surface area contributed by atoms with Crippen molar-refractivity contribution in [1.29, 1.82) is 0 Å². The molecule has 0 unspecified atom stereocenters. The number of hydrogen-bond acceptors (Lipinski definition) is 4. The van der Waals surface area contributed by atoms with E-state index in [-0.39, 0.29) is 22.0 Å². The standard InChI is InChI=1S/C25H37F3N2O3/c1-2-3-4-5-6-7-8-9-10-11-12-13-14-21-19-24(33,25(26,27)28)30(29-21)23(32)20-15-17-22(31)18-16-20/h15-18,31,33H,2-14,19H2,1H3/t24-/m0/s1. The molecule has 1 aliphatic rings. The van der Waals surface area contributed by atoms with Gasteiger partial charge in [-0.05, 0) is 37.1 Å². The Hall–Kier alpha value is -2.09. The van der Waals surface area contributed by atoms with E-state index < -0.39 is 24.2 Å². The van der Waals surface area contributed by atoms with E-state index in [0.717, 1.165) is 19.3 Å². The van der Waals surface area contributed by atoms with Crippen molar-refractivity contribution in [2.75, 3.05) is 0 Å². The maximum atomic E-state index is 13.6. The van der Waals surface area contributed by atoms with Crippen LogP contribution in [0.3, 0.4) is 0 Å². The van der Waals surface area contributed by atoms with Gasteiger partial charge in [0, 0.05) is 17.7 Å². The molecule has 5 nitrogen and oxygen atoms in total. The predicted molar refractivity (Wildman–Crippen MR) is 123 cm³/mol. The fourth-order valence-corrected chi connectivity index (χ4v) is 4.09. The lowest BCUT2D eigenvalue weighted by atomic mass is 10.0. The first-order valence-corrected chi connectivity index (χ1v) is 12.2. The highest BCUT2D eigenvalue weighted by Crippen LogP contribution is 2.41. The number of phenols is 1. The maximum Gasteiger partial charge on any atom is 0.438 e. The lowest BCUT2D eigenvalue weighted by Crippen LogP contribution is -2.56. The predicted octanol–water partition coefficient (Wildman–Crippen LogP) is 6.94. The molecule has 0 fully saturated rings. The molecule has 1 aliphatic heterocycles. The summed E-state index contributed by atoms with van der Waals surface area (Å²) in [4.78, 5) is 12.6. The highest BCUT2D eigenvalue weighted by molar-refractivity contribution is 5.98. The molecule has 0 saturated carbocycles. The molecule has 2 rings (SSSR count). The van der Waals surface area contributed by atoms with Gasteiger partial charge in [0.1, 0.15) is 5.75 Å². The Morgan fingerprint density at radius 1 is 0.939 bits per heavy atom. The van der Waals surface area contributed by atoms with Gasteiger partial charge in [-0.1, -0.05) is 77.6 Å². The second-order valence-corrected chi connectivity index (χ2v) is 8.96. The molecule has 0 radical (unpaired) electrons. The number of benzene rings is 1. The van der Waals surface area contributed by atoms with Crippen molar-refractivity contribution in [3.8, 4) is 5.75 Å². The van der Waals surface area contributed by atoms with E-state index >= 15 is 0 Å². The van der Waals surface area contributed by atoms with Gasteiger partial charge in [0.25, 0.3) is 11.6 Å². The zero-order chi connectivity index (χ0) is 24.3. The lowest BCUT2D eigenvalue weighted by Gasteiger charge is -2.32. The van der Waals surface area contributed by atoms with E-state index in [9.17, 15) is 28.2 Å². The van der Waals surface area contributed by atoms with Crippen molar-refractivity contribution >= 4 is 11.6 Å². The van der Waals surface area contributed by atoms with Crippen molar-refractivity contribution < 1.29 is 28.2 Å². The average Bonchev–Trinajstić information content (AvgIpc) is 3.12. The van der Waals surface area contributed by atoms with Crippen LogP contribution in [0.2, 0.25) is 0 Å². The van der Waals surface area contributed by atoms with E-state index in [2.05, 4.69) is 12.0 Å². The minimum atomic E-state index is -5.04. The summed E-state index contributed by atoms with van der Waals surface area (Å²) in [5, 5.41) is 23.7. The number of rotatable bonds is 14. The van der Waals surface area contributed by atoms with Crippen LogP contribution in [0.5, 0.6) is 5.75 Å². The number of hydrazone groups is 1. The van der Waals surface area contributed by atoms with Crippen molar-refractivity contribution in [2.24, 2.45) is 5.10 Å². The monoisotopic (exact) mass is 470 g/mol. The van der Waals surface area contributed by atoms with Crippen molar-refractivity contribution in [1.82, 2.24) is 5.01 Å². The topological polar surface area (TPSA) is 73.1 Å². The number of nitrogens with zero attached hydrogens (tertiary/aromatic N) is 2. The third-order valence-corrected chi connectivity index (χ3v) is 6.12. The lowest BCUT2D eigenvalue weighted by molar-refractivity contribution is -0.297. The largest absolute Gasteiger partial charge is 0.508 e. The first-order valence-electron chi connectivity index (χ1n) is 12.2. The Morgan fingerprint density at radius 2 is 1.42 bits per heavy atom. The molecule has 0 aliphatic carbocycles. The van der Waals surface area contributed by atoms with Gasteiger partial charge in [-0.3, -0.25) is 4.79 Å². The summed E-state index contributed by atoms with van der Waals surface area (Å²) in [5.74, 6) is -1.17. The Balaban J connectivity index is 1.78. The molecule has 0 aromatic heterocycles. The summed E-state index contributed by atoms with van der Waals surface area (Å²) in [6.45, 7) is 2.21. The number of unbranched alkanes of at least 4 members (excludes halogenated alkanes) is 11. The first-order chi connectivity index (χ1) is 15.7. The normalized spacial score (nSPS) is 18.6. The third kappa shape index (κ3) is 8.02. The average molecular weight is 471 g/mol. The zero-order valence-corrected chi connectivity index (χ0v) is 19.5. The van der Waals surface area contributed by atoms with Crippen LogP contribution < -0.4 is 0 Å². The minimum absolute atomic E-state index is 0.0918. The van der Waals surface area contributed by atoms with Gasteiger partial charge in [0.05, 0.1) is 0 Å². The molecular weight excluding hydrogens is 433 g/mol. The van der Waals surface area contributed by atoms with Crippen LogP contribution in [-0.4, -0.2) is 38.7 Å². The molecule has 186 valence electrons. The van der Waals surface area contributed by atoms with Crippen LogP contribution in [0.25, 0.3) is 0 Å². The molecule has 33 heavy (non-hydrogen) atoms. The van der Waals surface area contributed by atoms with Gasteiger partial charge in [-0.25, -0.2) is 0 Å². The van der Waals surface area contributed by atoms with E-state index in [4.69, 9.17) is 0 Å². The van der Waals surface area contributed by atoms with Crippen LogP contribution in [0.4, 0.5) is 13.2 Å². The van der Waals surface area contributed by atoms with Crippen LogP contribution in [0.15, 0.2) is 29.4 Å². The summed E-state index contributed by atoms with van der Waals surface area (Å²) in [6.07, 6.45) is 8.39.